The molecule has 138 valence electrons. The Bertz CT molecular complexity index is 724. The smallest absolute Gasteiger partial charge is 0.253 e. The maximum absolute atomic E-state index is 12.8. The van der Waals surface area contributed by atoms with Crippen LogP contribution >= 0.6 is 0 Å². The summed E-state index contributed by atoms with van der Waals surface area (Å²) < 4.78 is 42.7. The van der Waals surface area contributed by atoms with Crippen LogP contribution in [0.3, 0.4) is 0 Å². The molecule has 2 aliphatic rings. The number of rotatable bonds is 5. The number of methoxy groups -OCH3 is 1. The van der Waals surface area contributed by atoms with Gasteiger partial charge in [0.15, 0.2) is 0 Å². The number of nitrogens with zero attached hydrogens (tertiary/aromatic N) is 1. The van der Waals surface area contributed by atoms with Crippen LogP contribution in [0.4, 0.5) is 5.69 Å². The summed E-state index contributed by atoms with van der Waals surface area (Å²) in [7, 11) is -2.18. The van der Waals surface area contributed by atoms with Crippen LogP contribution < -0.4 is 10.1 Å². The summed E-state index contributed by atoms with van der Waals surface area (Å²) in [5, 5.41) is 2.72. The molecule has 0 aromatic heterocycles. The van der Waals surface area contributed by atoms with Crippen molar-refractivity contribution in [3.05, 3.63) is 18.2 Å². The Kier molecular flexibility index (Phi) is 5.57. The number of carbonyl (C=O) groups is 1. The summed E-state index contributed by atoms with van der Waals surface area (Å²) in [6, 6.07) is 4.44. The molecule has 1 N–H and O–H groups in total. The number of nitrogens with one attached hydrogen (secondary N) is 1. The number of ether oxygens (including phenoxy) is 3. The first-order valence-electron chi connectivity index (χ1n) is 8.21. The minimum absolute atomic E-state index is 0.109. The Morgan fingerprint density at radius 3 is 2.68 bits per heavy atom. The average Bonchev–Trinajstić information content (AvgIpc) is 3.17. The Balaban J connectivity index is 1.85. The largest absolute Gasteiger partial charge is 0.495 e. The second-order valence-corrected chi connectivity index (χ2v) is 7.81. The van der Waals surface area contributed by atoms with Gasteiger partial charge >= 0.3 is 0 Å². The second kappa shape index (κ2) is 7.69. The number of hydrogen-bond donors (Lipinski definition) is 1. The normalized spacial score (nSPS) is 21.9. The van der Waals surface area contributed by atoms with Crippen LogP contribution in [0.5, 0.6) is 5.75 Å². The van der Waals surface area contributed by atoms with E-state index >= 15 is 0 Å². The standard InChI is InChI=1S/C16H22N2O6S/c1-22-14-5-4-12(25(20,21)18-6-9-23-10-7-18)11-13(14)17-16(19)15-3-2-8-24-15/h4-5,11,15H,2-3,6-10H2,1H3,(H,17,19)/t15-/m1/s1. The zero-order chi connectivity index (χ0) is 17.9. The van der Waals surface area contributed by atoms with Crippen molar-refractivity contribution in [1.29, 1.82) is 0 Å². The highest BCUT2D eigenvalue weighted by molar-refractivity contribution is 7.89. The number of sulfonamides is 1. The highest BCUT2D eigenvalue weighted by atomic mass is 32.2. The van der Waals surface area contributed by atoms with Crippen molar-refractivity contribution in [3.63, 3.8) is 0 Å². The van der Waals surface area contributed by atoms with Gasteiger partial charge in [0.2, 0.25) is 10.0 Å². The number of anilines is 1. The van der Waals surface area contributed by atoms with Crippen LogP contribution in [0.25, 0.3) is 0 Å². The molecule has 2 saturated heterocycles. The molecular weight excluding hydrogens is 348 g/mol. The van der Waals surface area contributed by atoms with Crippen molar-refractivity contribution < 1.29 is 27.4 Å². The molecule has 1 aromatic rings. The molecule has 2 fully saturated rings. The van der Waals surface area contributed by atoms with E-state index in [0.717, 1.165) is 6.42 Å². The van der Waals surface area contributed by atoms with Crippen molar-refractivity contribution in [1.82, 2.24) is 4.31 Å². The van der Waals surface area contributed by atoms with Crippen LogP contribution in [0.15, 0.2) is 23.1 Å². The third-order valence-electron chi connectivity index (χ3n) is 4.26. The number of amides is 1. The van der Waals surface area contributed by atoms with Crippen molar-refractivity contribution in [2.24, 2.45) is 0 Å². The van der Waals surface area contributed by atoms with E-state index in [0.29, 0.717) is 50.8 Å². The lowest BCUT2D eigenvalue weighted by molar-refractivity contribution is -0.124. The highest BCUT2D eigenvalue weighted by Gasteiger charge is 2.28. The van der Waals surface area contributed by atoms with E-state index in [1.165, 1.54) is 23.5 Å². The maximum Gasteiger partial charge on any atom is 0.253 e. The summed E-state index contributed by atoms with van der Waals surface area (Å²) >= 11 is 0. The third-order valence-corrected chi connectivity index (χ3v) is 6.15. The molecule has 0 spiro atoms. The lowest BCUT2D eigenvalue weighted by atomic mass is 10.2. The minimum atomic E-state index is -3.65. The topological polar surface area (TPSA) is 94.2 Å². The van der Waals surface area contributed by atoms with E-state index in [1.54, 1.807) is 6.07 Å². The molecule has 8 nitrogen and oxygen atoms in total. The van der Waals surface area contributed by atoms with Gasteiger partial charge in [0.1, 0.15) is 11.9 Å². The van der Waals surface area contributed by atoms with E-state index in [9.17, 15) is 13.2 Å². The molecule has 0 aliphatic carbocycles. The molecule has 25 heavy (non-hydrogen) atoms. The number of carbonyl (C=O) groups excluding carboxylic acids is 1. The van der Waals surface area contributed by atoms with Crippen molar-refractivity contribution in [3.8, 4) is 5.75 Å². The van der Waals surface area contributed by atoms with Gasteiger partial charge in [-0.1, -0.05) is 0 Å². The average molecular weight is 370 g/mol. The SMILES string of the molecule is COc1ccc(S(=O)(=O)N2CCOCC2)cc1NC(=O)[C@H]1CCCO1. The van der Waals surface area contributed by atoms with Crippen LogP contribution in [0, 0.1) is 0 Å². The van der Waals surface area contributed by atoms with Gasteiger partial charge in [0.05, 0.1) is 30.9 Å². The zero-order valence-electron chi connectivity index (χ0n) is 14.1. The Morgan fingerprint density at radius 1 is 1.28 bits per heavy atom. The van der Waals surface area contributed by atoms with Gasteiger partial charge in [-0.3, -0.25) is 4.79 Å². The lowest BCUT2D eigenvalue weighted by Crippen LogP contribution is -2.40. The van der Waals surface area contributed by atoms with Gasteiger partial charge < -0.3 is 19.5 Å². The van der Waals surface area contributed by atoms with Crippen LogP contribution in [0.2, 0.25) is 0 Å². The van der Waals surface area contributed by atoms with Gasteiger partial charge in [0, 0.05) is 19.7 Å². The van der Waals surface area contributed by atoms with E-state index in [1.807, 2.05) is 0 Å². The Labute approximate surface area is 147 Å². The molecule has 2 heterocycles. The molecule has 9 heteroatoms. The van der Waals surface area contributed by atoms with Crippen LogP contribution in [-0.2, 0) is 24.3 Å². The zero-order valence-corrected chi connectivity index (χ0v) is 14.9. The number of hydrogen-bond acceptors (Lipinski definition) is 6. The fraction of sp³-hybridized carbons (Fsp3) is 0.562. The first-order chi connectivity index (χ1) is 12.0. The fourth-order valence-corrected chi connectivity index (χ4v) is 4.31. The maximum atomic E-state index is 12.8. The molecule has 0 radical (unpaired) electrons. The summed E-state index contributed by atoms with van der Waals surface area (Å²) in [6.07, 6.45) is 0.977. The Hall–Kier alpha value is -1.68. The van der Waals surface area contributed by atoms with Gasteiger partial charge in [-0.2, -0.15) is 4.31 Å². The summed E-state index contributed by atoms with van der Waals surface area (Å²) in [6.45, 7) is 1.93. The fourth-order valence-electron chi connectivity index (χ4n) is 2.88. The molecule has 1 atom stereocenters. The quantitative estimate of drug-likeness (QED) is 0.825. The predicted octanol–water partition coefficient (Wildman–Crippen LogP) is 0.834. The van der Waals surface area contributed by atoms with Crippen LogP contribution in [0.1, 0.15) is 12.8 Å². The number of benzene rings is 1. The monoisotopic (exact) mass is 370 g/mol. The van der Waals surface area contributed by atoms with Crippen molar-refractivity contribution in [2.75, 3.05) is 45.3 Å². The molecule has 1 aromatic carbocycles. The first kappa shape index (κ1) is 18.1. The van der Waals surface area contributed by atoms with E-state index in [4.69, 9.17) is 14.2 Å². The Morgan fingerprint density at radius 2 is 2.04 bits per heavy atom. The first-order valence-corrected chi connectivity index (χ1v) is 9.65. The lowest BCUT2D eigenvalue weighted by Gasteiger charge is -2.26. The van der Waals surface area contributed by atoms with Gasteiger partial charge in [-0.05, 0) is 31.0 Å². The van der Waals surface area contributed by atoms with E-state index in [-0.39, 0.29) is 10.8 Å². The predicted molar refractivity (Wildman–Crippen MR) is 90.2 cm³/mol. The second-order valence-electron chi connectivity index (χ2n) is 5.87. The van der Waals surface area contributed by atoms with Gasteiger partial charge in [0.25, 0.3) is 5.91 Å². The molecule has 0 bridgehead atoms. The molecule has 2 aliphatic heterocycles. The molecule has 0 saturated carbocycles. The molecule has 0 unspecified atom stereocenters. The molecular formula is C16H22N2O6S. The summed E-state index contributed by atoms with van der Waals surface area (Å²) in [5.41, 5.74) is 0.317. The van der Waals surface area contributed by atoms with Crippen molar-refractivity contribution in [2.45, 2.75) is 23.8 Å². The van der Waals surface area contributed by atoms with Crippen molar-refractivity contribution >= 4 is 21.6 Å². The molecule has 3 rings (SSSR count). The van der Waals surface area contributed by atoms with E-state index in [2.05, 4.69) is 5.32 Å². The summed E-state index contributed by atoms with van der Waals surface area (Å²) in [4.78, 5) is 12.4. The minimum Gasteiger partial charge on any atom is -0.495 e. The van der Waals surface area contributed by atoms with Crippen LogP contribution in [-0.4, -0.2) is 64.8 Å². The third kappa shape index (κ3) is 3.95. The van der Waals surface area contributed by atoms with Gasteiger partial charge in [-0.25, -0.2) is 8.42 Å². The van der Waals surface area contributed by atoms with Gasteiger partial charge in [-0.15, -0.1) is 0 Å². The number of morpholine rings is 1. The highest BCUT2D eigenvalue weighted by Crippen LogP contribution is 2.30. The summed E-state index contributed by atoms with van der Waals surface area (Å²) in [5.74, 6) is 0.101. The van der Waals surface area contributed by atoms with E-state index < -0.39 is 16.1 Å². The molecule has 1 amide bonds.